The fourth-order valence-electron chi connectivity index (χ4n) is 2.77. The lowest BCUT2D eigenvalue weighted by atomic mass is 10.0. The van der Waals surface area contributed by atoms with E-state index in [1.807, 2.05) is 31.2 Å². The maximum Gasteiger partial charge on any atom is 0.240 e. The van der Waals surface area contributed by atoms with E-state index in [2.05, 4.69) is 20.7 Å². The maximum atomic E-state index is 12.3. The van der Waals surface area contributed by atoms with E-state index >= 15 is 0 Å². The molecule has 122 valence electrons. The van der Waals surface area contributed by atoms with Crippen molar-refractivity contribution in [3.63, 3.8) is 0 Å². The van der Waals surface area contributed by atoms with Crippen molar-refractivity contribution in [2.45, 2.75) is 13.0 Å². The summed E-state index contributed by atoms with van der Waals surface area (Å²) in [6, 6.07) is 9.52. The molecule has 0 radical (unpaired) electrons. The predicted molar refractivity (Wildman–Crippen MR) is 88.5 cm³/mol. The largest absolute Gasteiger partial charge is 0.338 e. The molecule has 0 spiro atoms. The summed E-state index contributed by atoms with van der Waals surface area (Å²) in [5, 5.41) is 10.6. The van der Waals surface area contributed by atoms with Crippen molar-refractivity contribution in [3.05, 3.63) is 46.6 Å². The van der Waals surface area contributed by atoms with Gasteiger partial charge in [-0.1, -0.05) is 35.0 Å². The fraction of sp³-hybridized carbons (Fsp3) is 0.375. The van der Waals surface area contributed by atoms with E-state index in [0.717, 1.165) is 35.9 Å². The summed E-state index contributed by atoms with van der Waals surface area (Å²) in [5.41, 5.74) is 1.76. The molecule has 1 aromatic heterocycles. The minimum atomic E-state index is -0.125. The molecule has 6 nitrogen and oxygen atoms in total. The molecular formula is C16H19ClN4O2. The molecule has 2 heterocycles. The zero-order valence-corrected chi connectivity index (χ0v) is 13.6. The summed E-state index contributed by atoms with van der Waals surface area (Å²) in [4.78, 5) is 14.4. The molecule has 1 fully saturated rings. The molecule has 3 rings (SSSR count). The molecule has 1 aromatic carbocycles. The first-order chi connectivity index (χ1) is 11.1. The van der Waals surface area contributed by atoms with Gasteiger partial charge in [0.25, 0.3) is 0 Å². The third kappa shape index (κ3) is 3.90. The Bertz CT molecular complexity index is 688. The number of aryl methyl sites for hydroxylation is 1. The summed E-state index contributed by atoms with van der Waals surface area (Å²) in [5.74, 6) is 0.247. The Morgan fingerprint density at radius 1 is 1.52 bits per heavy atom. The average molecular weight is 335 g/mol. The van der Waals surface area contributed by atoms with Crippen LogP contribution >= 0.6 is 11.6 Å². The molecule has 7 heteroatoms. The fourth-order valence-corrected chi connectivity index (χ4v) is 3.03. The highest BCUT2D eigenvalue weighted by atomic mass is 35.5. The van der Waals surface area contributed by atoms with Crippen molar-refractivity contribution in [3.8, 4) is 0 Å². The molecule has 1 saturated heterocycles. The van der Waals surface area contributed by atoms with Crippen molar-refractivity contribution in [1.82, 2.24) is 15.4 Å². The van der Waals surface area contributed by atoms with Crippen LogP contribution in [0, 0.1) is 6.92 Å². The van der Waals surface area contributed by atoms with E-state index in [0.29, 0.717) is 5.88 Å². The summed E-state index contributed by atoms with van der Waals surface area (Å²) < 4.78 is 5.02. The highest BCUT2D eigenvalue weighted by Crippen LogP contribution is 2.28. The maximum absolute atomic E-state index is 12.3. The van der Waals surface area contributed by atoms with Gasteiger partial charge in [0.15, 0.2) is 0 Å². The molecule has 1 amide bonds. The molecule has 0 bridgehead atoms. The first kappa shape index (κ1) is 16.0. The van der Waals surface area contributed by atoms with Crippen LogP contribution in [-0.4, -0.2) is 42.1 Å². The Labute approximate surface area is 139 Å². The van der Waals surface area contributed by atoms with Crippen LogP contribution in [0.2, 0.25) is 5.02 Å². The highest BCUT2D eigenvalue weighted by molar-refractivity contribution is 6.31. The minimum Gasteiger partial charge on any atom is -0.338 e. The zero-order valence-electron chi connectivity index (χ0n) is 12.9. The van der Waals surface area contributed by atoms with Gasteiger partial charge in [-0.2, -0.15) is 0 Å². The van der Waals surface area contributed by atoms with Gasteiger partial charge in [-0.25, -0.2) is 0 Å². The van der Waals surface area contributed by atoms with Crippen LogP contribution < -0.4 is 10.6 Å². The van der Waals surface area contributed by atoms with E-state index in [1.165, 1.54) is 0 Å². The van der Waals surface area contributed by atoms with E-state index < -0.39 is 0 Å². The number of hydrogen-bond acceptors (Lipinski definition) is 5. The topological polar surface area (TPSA) is 70.4 Å². The van der Waals surface area contributed by atoms with Gasteiger partial charge in [-0.3, -0.25) is 15.0 Å². The van der Waals surface area contributed by atoms with E-state index in [4.69, 9.17) is 16.1 Å². The van der Waals surface area contributed by atoms with Crippen molar-refractivity contribution >= 4 is 23.4 Å². The van der Waals surface area contributed by atoms with Crippen molar-refractivity contribution in [1.29, 1.82) is 0 Å². The van der Waals surface area contributed by atoms with Crippen LogP contribution in [0.1, 0.15) is 17.3 Å². The minimum absolute atomic E-state index is 0.0691. The number of piperazine rings is 1. The van der Waals surface area contributed by atoms with Gasteiger partial charge in [0.1, 0.15) is 0 Å². The smallest absolute Gasteiger partial charge is 0.240 e. The third-order valence-electron chi connectivity index (χ3n) is 3.86. The first-order valence-electron chi connectivity index (χ1n) is 7.56. The van der Waals surface area contributed by atoms with Gasteiger partial charge in [-0.05, 0) is 18.6 Å². The SMILES string of the molecule is Cc1cc(NC(=O)CN2CCNCC2c2ccccc2Cl)on1. The number of amides is 1. The lowest BCUT2D eigenvalue weighted by Crippen LogP contribution is -2.48. The Kier molecular flexibility index (Phi) is 4.95. The quantitative estimate of drug-likeness (QED) is 0.897. The normalized spacial score (nSPS) is 18.8. The number of nitrogens with one attached hydrogen (secondary N) is 2. The van der Waals surface area contributed by atoms with Gasteiger partial charge in [-0.15, -0.1) is 0 Å². The summed E-state index contributed by atoms with van der Waals surface area (Å²) >= 11 is 6.31. The molecular weight excluding hydrogens is 316 g/mol. The first-order valence-corrected chi connectivity index (χ1v) is 7.93. The molecule has 0 saturated carbocycles. The Balaban J connectivity index is 1.69. The second-order valence-corrected chi connectivity index (χ2v) is 6.00. The number of aromatic nitrogens is 1. The van der Waals surface area contributed by atoms with E-state index in [-0.39, 0.29) is 18.5 Å². The van der Waals surface area contributed by atoms with Crippen LogP contribution in [0.3, 0.4) is 0 Å². The summed E-state index contributed by atoms with van der Waals surface area (Å²) in [7, 11) is 0. The van der Waals surface area contributed by atoms with Gasteiger partial charge < -0.3 is 9.84 Å². The lowest BCUT2D eigenvalue weighted by molar-refractivity contribution is -0.118. The van der Waals surface area contributed by atoms with E-state index in [1.54, 1.807) is 6.07 Å². The average Bonchev–Trinajstić information content (AvgIpc) is 2.93. The number of benzene rings is 1. The molecule has 0 aliphatic carbocycles. The second-order valence-electron chi connectivity index (χ2n) is 5.59. The van der Waals surface area contributed by atoms with E-state index in [9.17, 15) is 4.79 Å². The molecule has 1 aliphatic heterocycles. The van der Waals surface area contributed by atoms with Gasteiger partial charge >= 0.3 is 0 Å². The number of carbonyl (C=O) groups excluding carboxylic acids is 1. The second kappa shape index (κ2) is 7.12. The zero-order chi connectivity index (χ0) is 16.2. The molecule has 2 N–H and O–H groups in total. The number of carbonyl (C=O) groups is 1. The Hall–Kier alpha value is -1.89. The number of anilines is 1. The van der Waals surface area contributed by atoms with Crippen LogP contribution in [0.4, 0.5) is 5.88 Å². The van der Waals surface area contributed by atoms with Gasteiger partial charge in [0, 0.05) is 36.8 Å². The van der Waals surface area contributed by atoms with Gasteiger partial charge in [0.05, 0.1) is 12.2 Å². The standard InChI is InChI=1S/C16H19ClN4O2/c1-11-8-16(23-20-11)19-15(22)10-21-7-6-18-9-14(21)12-4-2-3-5-13(12)17/h2-5,8,14,18H,6-7,9-10H2,1H3,(H,19,22). The monoisotopic (exact) mass is 334 g/mol. The van der Waals surface area contributed by atoms with Crippen LogP contribution in [0.5, 0.6) is 0 Å². The molecule has 2 aromatic rings. The highest BCUT2D eigenvalue weighted by Gasteiger charge is 2.27. The molecule has 23 heavy (non-hydrogen) atoms. The molecule has 1 unspecified atom stereocenters. The Morgan fingerprint density at radius 2 is 2.35 bits per heavy atom. The number of halogens is 1. The van der Waals surface area contributed by atoms with Crippen molar-refractivity contribution in [2.24, 2.45) is 0 Å². The predicted octanol–water partition coefficient (Wildman–Crippen LogP) is 2.22. The number of rotatable bonds is 4. The van der Waals surface area contributed by atoms with Crippen LogP contribution in [-0.2, 0) is 4.79 Å². The number of hydrogen-bond donors (Lipinski definition) is 2. The third-order valence-corrected chi connectivity index (χ3v) is 4.20. The van der Waals surface area contributed by atoms with Crippen LogP contribution in [0.25, 0.3) is 0 Å². The van der Waals surface area contributed by atoms with Crippen LogP contribution in [0.15, 0.2) is 34.9 Å². The summed E-state index contributed by atoms with van der Waals surface area (Å²) in [6.07, 6.45) is 0. The molecule has 1 atom stereocenters. The lowest BCUT2D eigenvalue weighted by Gasteiger charge is -2.36. The van der Waals surface area contributed by atoms with Crippen molar-refractivity contribution < 1.29 is 9.32 Å². The summed E-state index contributed by atoms with van der Waals surface area (Å²) in [6.45, 7) is 4.47. The number of nitrogens with zero attached hydrogens (tertiary/aromatic N) is 2. The molecule has 1 aliphatic rings. The Morgan fingerprint density at radius 3 is 3.09 bits per heavy atom. The van der Waals surface area contributed by atoms with Crippen molar-refractivity contribution in [2.75, 3.05) is 31.5 Å². The van der Waals surface area contributed by atoms with Gasteiger partial charge in [0.2, 0.25) is 11.8 Å².